The van der Waals surface area contributed by atoms with Crippen LogP contribution in [0.25, 0.3) is 0 Å². The van der Waals surface area contributed by atoms with Gasteiger partial charge >= 0.3 is 0 Å². The highest BCUT2D eigenvalue weighted by Crippen LogP contribution is 2.29. The van der Waals surface area contributed by atoms with Gasteiger partial charge in [0.05, 0.1) is 0 Å². The van der Waals surface area contributed by atoms with E-state index in [2.05, 4.69) is 22.5 Å². The van der Waals surface area contributed by atoms with Crippen LogP contribution in [0.4, 0.5) is 4.39 Å². The van der Waals surface area contributed by atoms with Gasteiger partial charge in [0.2, 0.25) is 0 Å². The Morgan fingerprint density at radius 3 is 2.87 bits per heavy atom. The molecule has 0 saturated heterocycles. The van der Waals surface area contributed by atoms with Crippen LogP contribution in [0, 0.1) is 12.7 Å². The van der Waals surface area contributed by atoms with Crippen LogP contribution in [-0.4, -0.2) is 12.9 Å². The number of aldehydes is 1. The van der Waals surface area contributed by atoms with E-state index in [-0.39, 0.29) is 17.9 Å². The molecule has 1 aromatic rings. The Hall–Kier alpha value is -1.16. The highest BCUT2D eigenvalue weighted by atomic mass is 79.9. The average molecular weight is 273 g/mol. The lowest BCUT2D eigenvalue weighted by Gasteiger charge is -2.09. The van der Waals surface area contributed by atoms with Crippen LogP contribution in [0.5, 0.6) is 5.75 Å². The number of rotatable bonds is 4. The molecule has 0 atom stereocenters. The lowest BCUT2D eigenvalue weighted by Crippen LogP contribution is -2.00. The minimum Gasteiger partial charge on any atom is -0.486 e. The van der Waals surface area contributed by atoms with Gasteiger partial charge < -0.3 is 4.74 Å². The fourth-order valence-corrected chi connectivity index (χ4v) is 1.74. The predicted molar refractivity (Wildman–Crippen MR) is 59.9 cm³/mol. The molecule has 0 fully saturated rings. The van der Waals surface area contributed by atoms with E-state index in [1.54, 1.807) is 0 Å². The zero-order chi connectivity index (χ0) is 11.4. The van der Waals surface area contributed by atoms with E-state index in [0.717, 1.165) is 0 Å². The number of carbonyl (C=O) groups is 1. The molecule has 0 heterocycles. The molecule has 0 aromatic heterocycles. The molecule has 0 aliphatic rings. The van der Waals surface area contributed by atoms with Crippen LogP contribution in [0.15, 0.2) is 23.2 Å². The summed E-state index contributed by atoms with van der Waals surface area (Å²) in [4.78, 5) is 10.7. The molecule has 0 radical (unpaired) electrons. The molecule has 0 bridgehead atoms. The van der Waals surface area contributed by atoms with Crippen LogP contribution >= 0.6 is 15.9 Å². The third-order valence-electron chi connectivity index (χ3n) is 1.94. The third-order valence-corrected chi connectivity index (χ3v) is 2.60. The van der Waals surface area contributed by atoms with Crippen molar-refractivity contribution in [1.82, 2.24) is 0 Å². The molecule has 0 N–H and O–H groups in total. The van der Waals surface area contributed by atoms with Crippen molar-refractivity contribution < 1.29 is 13.9 Å². The van der Waals surface area contributed by atoms with Crippen molar-refractivity contribution in [2.24, 2.45) is 0 Å². The summed E-state index contributed by atoms with van der Waals surface area (Å²) < 4.78 is 19.2. The van der Waals surface area contributed by atoms with E-state index in [4.69, 9.17) is 4.74 Å². The Morgan fingerprint density at radius 1 is 1.67 bits per heavy atom. The molecular formula is C11H10BrFO2. The maximum atomic E-state index is 13.6. The van der Waals surface area contributed by atoms with Crippen molar-refractivity contribution in [3.05, 3.63) is 40.1 Å². The van der Waals surface area contributed by atoms with E-state index in [0.29, 0.717) is 16.3 Å². The molecule has 0 saturated carbocycles. The number of carbonyl (C=O) groups excluding carboxylic acids is 1. The molecule has 1 rings (SSSR count). The number of ether oxygens (including phenoxy) is 1. The van der Waals surface area contributed by atoms with Gasteiger partial charge in [-0.15, -0.1) is 0 Å². The maximum Gasteiger partial charge on any atom is 0.168 e. The van der Waals surface area contributed by atoms with Crippen LogP contribution in [0.3, 0.4) is 0 Å². The standard InChI is InChI=1S/C11H10BrFO2/c1-3-4-15-10-5-9(12)8(6-14)7(2)11(10)13/h3,5-6H,1,4H2,2H3. The maximum absolute atomic E-state index is 13.6. The molecule has 0 amide bonds. The molecule has 0 spiro atoms. The Labute approximate surface area is 95.9 Å². The van der Waals surface area contributed by atoms with Crippen LogP contribution < -0.4 is 4.74 Å². The van der Waals surface area contributed by atoms with Crippen LogP contribution in [0.1, 0.15) is 15.9 Å². The van der Waals surface area contributed by atoms with E-state index in [1.807, 2.05) is 0 Å². The van der Waals surface area contributed by atoms with Crippen LogP contribution in [0.2, 0.25) is 0 Å². The van der Waals surface area contributed by atoms with Crippen LogP contribution in [-0.2, 0) is 0 Å². The molecule has 1 aromatic carbocycles. The number of hydrogen-bond acceptors (Lipinski definition) is 2. The summed E-state index contributed by atoms with van der Waals surface area (Å²) in [6.07, 6.45) is 2.14. The summed E-state index contributed by atoms with van der Waals surface area (Å²) in [7, 11) is 0. The first-order valence-electron chi connectivity index (χ1n) is 4.29. The molecule has 15 heavy (non-hydrogen) atoms. The molecule has 0 aliphatic heterocycles. The Bertz CT molecular complexity index is 402. The SMILES string of the molecule is C=CCOc1cc(Br)c(C=O)c(C)c1F. The van der Waals surface area contributed by atoms with Crippen molar-refractivity contribution in [2.45, 2.75) is 6.92 Å². The quantitative estimate of drug-likeness (QED) is 0.621. The first-order valence-corrected chi connectivity index (χ1v) is 5.08. The molecular weight excluding hydrogens is 263 g/mol. The van der Waals surface area contributed by atoms with Crippen molar-refractivity contribution in [3.63, 3.8) is 0 Å². The number of benzene rings is 1. The first-order chi connectivity index (χ1) is 7.11. The highest BCUT2D eigenvalue weighted by Gasteiger charge is 2.14. The zero-order valence-corrected chi connectivity index (χ0v) is 9.80. The minimum absolute atomic E-state index is 0.116. The Morgan fingerprint density at radius 2 is 2.33 bits per heavy atom. The smallest absolute Gasteiger partial charge is 0.168 e. The fourth-order valence-electron chi connectivity index (χ4n) is 1.14. The van der Waals surface area contributed by atoms with Crippen molar-refractivity contribution >= 4 is 22.2 Å². The minimum atomic E-state index is -0.512. The molecule has 0 aliphatic carbocycles. The summed E-state index contributed by atoms with van der Waals surface area (Å²) in [5.41, 5.74) is 0.580. The second kappa shape index (κ2) is 5.07. The molecule has 80 valence electrons. The lowest BCUT2D eigenvalue weighted by atomic mass is 10.1. The highest BCUT2D eigenvalue weighted by molar-refractivity contribution is 9.10. The number of halogens is 2. The summed E-state index contributed by atoms with van der Waals surface area (Å²) in [6, 6.07) is 1.44. The van der Waals surface area contributed by atoms with E-state index in [9.17, 15) is 9.18 Å². The monoisotopic (exact) mass is 272 g/mol. The van der Waals surface area contributed by atoms with E-state index < -0.39 is 5.82 Å². The fraction of sp³-hybridized carbons (Fsp3) is 0.182. The van der Waals surface area contributed by atoms with Gasteiger partial charge in [-0.25, -0.2) is 4.39 Å². The predicted octanol–water partition coefficient (Wildman–Crippen LogP) is 3.27. The van der Waals surface area contributed by atoms with E-state index >= 15 is 0 Å². The number of hydrogen-bond donors (Lipinski definition) is 0. The molecule has 0 unspecified atom stereocenters. The molecule has 2 nitrogen and oxygen atoms in total. The topological polar surface area (TPSA) is 26.3 Å². The second-order valence-electron chi connectivity index (χ2n) is 2.93. The van der Waals surface area contributed by atoms with Gasteiger partial charge in [-0.2, -0.15) is 0 Å². The van der Waals surface area contributed by atoms with Gasteiger partial charge in [-0.3, -0.25) is 4.79 Å². The summed E-state index contributed by atoms with van der Waals surface area (Å²) >= 11 is 3.18. The first kappa shape index (κ1) is 11.9. The van der Waals surface area contributed by atoms with Gasteiger partial charge in [0.1, 0.15) is 6.61 Å². The van der Waals surface area contributed by atoms with Gasteiger partial charge in [0, 0.05) is 15.6 Å². The zero-order valence-electron chi connectivity index (χ0n) is 8.22. The average Bonchev–Trinajstić information content (AvgIpc) is 2.22. The normalized spacial score (nSPS) is 9.80. The second-order valence-corrected chi connectivity index (χ2v) is 3.78. The lowest BCUT2D eigenvalue weighted by molar-refractivity contribution is 0.112. The van der Waals surface area contributed by atoms with Gasteiger partial charge in [0.15, 0.2) is 17.9 Å². The largest absolute Gasteiger partial charge is 0.486 e. The summed E-state index contributed by atoms with van der Waals surface area (Å²) in [5.74, 6) is -0.396. The Balaban J connectivity index is 3.20. The van der Waals surface area contributed by atoms with Crippen molar-refractivity contribution in [2.75, 3.05) is 6.61 Å². The van der Waals surface area contributed by atoms with Gasteiger partial charge in [-0.05, 0) is 28.9 Å². The van der Waals surface area contributed by atoms with Gasteiger partial charge in [0.25, 0.3) is 0 Å². The van der Waals surface area contributed by atoms with Gasteiger partial charge in [-0.1, -0.05) is 12.7 Å². The third kappa shape index (κ3) is 2.45. The molecule has 4 heteroatoms. The summed E-state index contributed by atoms with van der Waals surface area (Å²) in [6.45, 7) is 5.23. The van der Waals surface area contributed by atoms with Crippen molar-refractivity contribution in [3.8, 4) is 5.75 Å². The van der Waals surface area contributed by atoms with Crippen molar-refractivity contribution in [1.29, 1.82) is 0 Å². The Kier molecular flexibility index (Phi) is 4.03. The van der Waals surface area contributed by atoms with E-state index in [1.165, 1.54) is 19.1 Å². The summed E-state index contributed by atoms with van der Waals surface area (Å²) in [5, 5.41) is 0.